The SMILES string of the molecule is CC(=O)CC(=O)Nc1cc(S(=O)(=O)N2CCCCc3ccccc32)ccc1Cl. The van der Waals surface area contributed by atoms with Crippen LogP contribution < -0.4 is 9.62 Å². The van der Waals surface area contributed by atoms with E-state index < -0.39 is 15.9 Å². The molecule has 2 aromatic carbocycles. The molecule has 0 aliphatic carbocycles. The summed E-state index contributed by atoms with van der Waals surface area (Å²) in [5, 5.41) is 2.71. The molecular weight excluding hydrogens is 400 g/mol. The van der Waals surface area contributed by atoms with Crippen LogP contribution in [0.25, 0.3) is 0 Å². The van der Waals surface area contributed by atoms with E-state index in [1.807, 2.05) is 24.3 Å². The summed E-state index contributed by atoms with van der Waals surface area (Å²) in [5.41, 5.74) is 1.83. The molecule has 2 aromatic rings. The zero-order chi connectivity index (χ0) is 20.3. The zero-order valence-electron chi connectivity index (χ0n) is 15.4. The van der Waals surface area contributed by atoms with Gasteiger partial charge in [-0.3, -0.25) is 13.9 Å². The van der Waals surface area contributed by atoms with Crippen LogP contribution in [0, 0.1) is 0 Å². The number of amides is 1. The highest BCUT2D eigenvalue weighted by molar-refractivity contribution is 7.92. The largest absolute Gasteiger partial charge is 0.324 e. The van der Waals surface area contributed by atoms with Crippen LogP contribution in [0.3, 0.4) is 0 Å². The van der Waals surface area contributed by atoms with Crippen LogP contribution in [-0.2, 0) is 26.0 Å². The van der Waals surface area contributed by atoms with Crippen molar-refractivity contribution >= 4 is 44.7 Å². The van der Waals surface area contributed by atoms with Gasteiger partial charge in [-0.15, -0.1) is 0 Å². The first-order valence-electron chi connectivity index (χ1n) is 8.98. The number of nitrogens with one attached hydrogen (secondary N) is 1. The minimum absolute atomic E-state index is 0.0340. The number of fused-ring (bicyclic) bond motifs is 1. The summed E-state index contributed by atoms with van der Waals surface area (Å²) in [5.74, 6) is -0.831. The van der Waals surface area contributed by atoms with Gasteiger partial charge in [0.05, 0.1) is 27.7 Å². The molecule has 1 heterocycles. The van der Waals surface area contributed by atoms with Crippen LogP contribution in [0.5, 0.6) is 0 Å². The van der Waals surface area contributed by atoms with Gasteiger partial charge in [-0.25, -0.2) is 8.42 Å². The highest BCUT2D eigenvalue weighted by Gasteiger charge is 2.28. The molecule has 0 saturated heterocycles. The fraction of sp³-hybridized carbons (Fsp3) is 0.300. The highest BCUT2D eigenvalue weighted by atomic mass is 35.5. The van der Waals surface area contributed by atoms with Crippen LogP contribution in [0.4, 0.5) is 11.4 Å². The maximum atomic E-state index is 13.3. The smallest absolute Gasteiger partial charge is 0.264 e. The van der Waals surface area contributed by atoms with Crippen molar-refractivity contribution in [3.63, 3.8) is 0 Å². The van der Waals surface area contributed by atoms with Gasteiger partial charge in [0, 0.05) is 6.54 Å². The average molecular weight is 421 g/mol. The van der Waals surface area contributed by atoms with E-state index in [-0.39, 0.29) is 27.8 Å². The third kappa shape index (κ3) is 4.36. The minimum Gasteiger partial charge on any atom is -0.324 e. The third-order valence-electron chi connectivity index (χ3n) is 4.53. The molecule has 0 saturated carbocycles. The van der Waals surface area contributed by atoms with Crippen LogP contribution in [0.15, 0.2) is 47.4 Å². The predicted octanol–water partition coefficient (Wildman–Crippen LogP) is 3.79. The molecule has 1 aliphatic heterocycles. The molecule has 0 spiro atoms. The molecule has 0 atom stereocenters. The number of para-hydroxylation sites is 1. The Morgan fingerprint density at radius 2 is 1.89 bits per heavy atom. The quantitative estimate of drug-likeness (QED) is 0.746. The Balaban J connectivity index is 1.97. The van der Waals surface area contributed by atoms with E-state index in [2.05, 4.69) is 5.32 Å². The van der Waals surface area contributed by atoms with Crippen molar-refractivity contribution in [2.24, 2.45) is 0 Å². The zero-order valence-corrected chi connectivity index (χ0v) is 17.0. The van der Waals surface area contributed by atoms with Gasteiger partial charge >= 0.3 is 0 Å². The maximum Gasteiger partial charge on any atom is 0.264 e. The van der Waals surface area contributed by atoms with Crippen LogP contribution in [-0.4, -0.2) is 26.7 Å². The molecule has 1 N–H and O–H groups in total. The predicted molar refractivity (Wildman–Crippen MR) is 109 cm³/mol. The Kier molecular flexibility index (Phi) is 6.05. The van der Waals surface area contributed by atoms with Crippen LogP contribution in [0.2, 0.25) is 5.02 Å². The summed E-state index contributed by atoms with van der Waals surface area (Å²) < 4.78 is 28.1. The van der Waals surface area contributed by atoms with E-state index in [1.54, 1.807) is 0 Å². The Hall–Kier alpha value is -2.38. The molecule has 0 unspecified atom stereocenters. The number of benzene rings is 2. The number of ketones is 1. The van der Waals surface area contributed by atoms with Gasteiger partial charge in [-0.2, -0.15) is 0 Å². The fourth-order valence-corrected chi connectivity index (χ4v) is 4.95. The lowest BCUT2D eigenvalue weighted by Gasteiger charge is -2.25. The topological polar surface area (TPSA) is 83.5 Å². The lowest BCUT2D eigenvalue weighted by atomic mass is 10.1. The van der Waals surface area contributed by atoms with Crippen molar-refractivity contribution in [1.82, 2.24) is 0 Å². The Morgan fingerprint density at radius 3 is 2.64 bits per heavy atom. The normalized spacial score (nSPS) is 14.1. The molecular formula is C20H21ClN2O4S. The first-order chi connectivity index (χ1) is 13.3. The number of hydrogen-bond acceptors (Lipinski definition) is 4. The maximum absolute atomic E-state index is 13.3. The average Bonchev–Trinajstić information content (AvgIpc) is 2.85. The van der Waals surface area contributed by atoms with Gasteiger partial charge in [0.15, 0.2) is 0 Å². The van der Waals surface area contributed by atoms with Crippen molar-refractivity contribution in [2.75, 3.05) is 16.2 Å². The Morgan fingerprint density at radius 1 is 1.14 bits per heavy atom. The van der Waals surface area contributed by atoms with E-state index >= 15 is 0 Å². The Bertz CT molecular complexity index is 1020. The molecule has 0 fully saturated rings. The van der Waals surface area contributed by atoms with Crippen molar-refractivity contribution in [3.05, 3.63) is 53.1 Å². The first kappa shape index (κ1) is 20.4. The van der Waals surface area contributed by atoms with Crippen LogP contribution >= 0.6 is 11.6 Å². The summed E-state index contributed by atoms with van der Waals surface area (Å²) >= 11 is 6.11. The second-order valence-electron chi connectivity index (χ2n) is 6.73. The molecule has 148 valence electrons. The van der Waals surface area contributed by atoms with Gasteiger partial charge in [-0.05, 0) is 56.0 Å². The number of Topliss-reactive ketones (excluding diaryl/α,β-unsaturated/α-hetero) is 1. The van der Waals surface area contributed by atoms with Crippen molar-refractivity contribution in [2.45, 2.75) is 37.5 Å². The molecule has 6 nitrogen and oxygen atoms in total. The van der Waals surface area contributed by atoms with Gasteiger partial charge < -0.3 is 5.32 Å². The number of anilines is 2. The molecule has 0 aromatic heterocycles. The van der Waals surface area contributed by atoms with E-state index in [1.165, 1.54) is 29.4 Å². The molecule has 1 aliphatic rings. The molecule has 28 heavy (non-hydrogen) atoms. The number of carbonyl (C=O) groups excluding carboxylic acids is 2. The van der Waals surface area contributed by atoms with E-state index in [0.717, 1.165) is 24.8 Å². The Labute approximate surface area is 169 Å². The second-order valence-corrected chi connectivity index (χ2v) is 9.00. The molecule has 3 rings (SSSR count). The summed E-state index contributed by atoms with van der Waals surface area (Å²) in [6.45, 7) is 1.69. The fourth-order valence-electron chi connectivity index (χ4n) is 3.21. The summed E-state index contributed by atoms with van der Waals surface area (Å²) in [6.07, 6.45) is 2.20. The number of sulfonamides is 1. The number of nitrogens with zero attached hydrogens (tertiary/aromatic N) is 1. The second kappa shape index (κ2) is 8.32. The van der Waals surface area contributed by atoms with Crippen molar-refractivity contribution < 1.29 is 18.0 Å². The van der Waals surface area contributed by atoms with Crippen LogP contribution in [0.1, 0.15) is 31.7 Å². The van der Waals surface area contributed by atoms with Gasteiger partial charge in [0.2, 0.25) is 5.91 Å². The highest BCUT2D eigenvalue weighted by Crippen LogP contribution is 2.33. The number of halogens is 1. The standard InChI is InChI=1S/C20H21ClN2O4S/c1-14(24)12-20(25)22-18-13-16(9-10-17(18)21)28(26,27)23-11-5-4-7-15-6-2-3-8-19(15)23/h2-3,6,8-10,13H,4-5,7,11-12H2,1H3,(H,22,25). The van der Waals surface area contributed by atoms with Crippen molar-refractivity contribution in [1.29, 1.82) is 0 Å². The van der Waals surface area contributed by atoms with Gasteiger partial charge in [0.25, 0.3) is 10.0 Å². The first-order valence-corrected chi connectivity index (χ1v) is 10.8. The van der Waals surface area contributed by atoms with Gasteiger partial charge in [0.1, 0.15) is 5.78 Å². The molecule has 1 amide bonds. The molecule has 8 heteroatoms. The lowest BCUT2D eigenvalue weighted by molar-refractivity contribution is -0.124. The van der Waals surface area contributed by atoms with E-state index in [4.69, 9.17) is 11.6 Å². The third-order valence-corrected chi connectivity index (χ3v) is 6.67. The molecule has 0 bridgehead atoms. The monoisotopic (exact) mass is 420 g/mol. The number of hydrogen-bond donors (Lipinski definition) is 1. The molecule has 0 radical (unpaired) electrons. The summed E-state index contributed by atoms with van der Waals surface area (Å²) in [7, 11) is -3.84. The lowest BCUT2D eigenvalue weighted by Crippen LogP contribution is -2.32. The number of aryl methyl sites for hydroxylation is 1. The summed E-state index contributed by atoms with van der Waals surface area (Å²) in [4.78, 5) is 23.0. The number of rotatable bonds is 5. The van der Waals surface area contributed by atoms with E-state index in [9.17, 15) is 18.0 Å². The van der Waals surface area contributed by atoms with E-state index in [0.29, 0.717) is 12.2 Å². The van der Waals surface area contributed by atoms with Crippen molar-refractivity contribution in [3.8, 4) is 0 Å². The summed E-state index contributed by atoms with van der Waals surface area (Å²) in [6, 6.07) is 11.7. The minimum atomic E-state index is -3.84. The van der Waals surface area contributed by atoms with Gasteiger partial charge in [-0.1, -0.05) is 29.8 Å². The number of carbonyl (C=O) groups is 2.